The van der Waals surface area contributed by atoms with Crippen molar-refractivity contribution in [2.24, 2.45) is 5.92 Å². The molecular formula is C17H16. The molecule has 0 aliphatic heterocycles. The van der Waals surface area contributed by atoms with Crippen LogP contribution in [0.2, 0.25) is 0 Å². The van der Waals surface area contributed by atoms with Crippen LogP contribution < -0.4 is 0 Å². The summed E-state index contributed by atoms with van der Waals surface area (Å²) in [5.41, 5.74) is 6.82. The second kappa shape index (κ2) is 3.89. The van der Waals surface area contributed by atoms with Crippen LogP contribution in [0, 0.1) is 19.8 Å². The summed E-state index contributed by atoms with van der Waals surface area (Å²) in [7, 11) is 0. The van der Waals surface area contributed by atoms with Crippen LogP contribution in [0.3, 0.4) is 0 Å². The number of fused-ring (bicyclic) bond motifs is 1. The van der Waals surface area contributed by atoms with Crippen LogP contribution in [-0.4, -0.2) is 0 Å². The van der Waals surface area contributed by atoms with Crippen molar-refractivity contribution >= 4 is 5.57 Å². The van der Waals surface area contributed by atoms with Crippen molar-refractivity contribution in [3.63, 3.8) is 0 Å². The van der Waals surface area contributed by atoms with Crippen molar-refractivity contribution < 1.29 is 0 Å². The van der Waals surface area contributed by atoms with Gasteiger partial charge in [-0.25, -0.2) is 0 Å². The predicted molar refractivity (Wildman–Crippen MR) is 73.7 cm³/mol. The smallest absolute Gasteiger partial charge is 0.0211 e. The first-order chi connectivity index (χ1) is 8.24. The molecule has 1 unspecified atom stereocenters. The van der Waals surface area contributed by atoms with E-state index in [0.29, 0.717) is 5.92 Å². The highest BCUT2D eigenvalue weighted by Gasteiger charge is 2.18. The molecule has 0 saturated heterocycles. The van der Waals surface area contributed by atoms with Crippen LogP contribution in [0.25, 0.3) is 5.57 Å². The van der Waals surface area contributed by atoms with Crippen LogP contribution in [-0.2, 0) is 0 Å². The SMILES string of the molecule is Cc1cc(C)cc(C2=C3C=CC=CC3C=C2)c1. The molecule has 1 atom stereocenters. The Morgan fingerprint density at radius 1 is 0.824 bits per heavy atom. The van der Waals surface area contributed by atoms with Gasteiger partial charge < -0.3 is 0 Å². The fourth-order valence-electron chi connectivity index (χ4n) is 2.68. The summed E-state index contributed by atoms with van der Waals surface area (Å²) in [4.78, 5) is 0. The number of hydrogen-bond acceptors (Lipinski definition) is 0. The summed E-state index contributed by atoms with van der Waals surface area (Å²) in [6, 6.07) is 6.77. The Kier molecular flexibility index (Phi) is 2.36. The Balaban J connectivity index is 2.13. The first kappa shape index (κ1) is 10.3. The monoisotopic (exact) mass is 220 g/mol. The fourth-order valence-corrected chi connectivity index (χ4v) is 2.68. The summed E-state index contributed by atoms with van der Waals surface area (Å²) in [5.74, 6) is 0.482. The minimum Gasteiger partial charge on any atom is -0.0732 e. The highest BCUT2D eigenvalue weighted by atomic mass is 14.2. The summed E-state index contributed by atoms with van der Waals surface area (Å²) in [6.45, 7) is 4.32. The van der Waals surface area contributed by atoms with Gasteiger partial charge in [0, 0.05) is 5.92 Å². The van der Waals surface area contributed by atoms with E-state index in [1.165, 1.54) is 27.8 Å². The van der Waals surface area contributed by atoms with E-state index >= 15 is 0 Å². The highest BCUT2D eigenvalue weighted by molar-refractivity contribution is 5.83. The lowest BCUT2D eigenvalue weighted by Crippen LogP contribution is -1.96. The van der Waals surface area contributed by atoms with E-state index in [0.717, 1.165) is 0 Å². The molecule has 0 heteroatoms. The van der Waals surface area contributed by atoms with Gasteiger partial charge in [-0.05, 0) is 30.6 Å². The van der Waals surface area contributed by atoms with Gasteiger partial charge in [-0.2, -0.15) is 0 Å². The Hall–Kier alpha value is -1.82. The van der Waals surface area contributed by atoms with E-state index in [1.54, 1.807) is 0 Å². The molecule has 1 aromatic rings. The Bertz CT molecular complexity index is 560. The molecule has 2 aliphatic carbocycles. The first-order valence-corrected chi connectivity index (χ1v) is 6.10. The number of benzene rings is 1. The number of hydrogen-bond donors (Lipinski definition) is 0. The molecule has 0 radical (unpaired) electrons. The molecule has 2 aliphatic rings. The van der Waals surface area contributed by atoms with Crippen molar-refractivity contribution in [2.75, 3.05) is 0 Å². The zero-order valence-electron chi connectivity index (χ0n) is 10.3. The maximum atomic E-state index is 2.28. The third kappa shape index (κ3) is 1.80. The quantitative estimate of drug-likeness (QED) is 0.659. The van der Waals surface area contributed by atoms with Gasteiger partial charge >= 0.3 is 0 Å². The van der Waals surface area contributed by atoms with Crippen LogP contribution in [0.1, 0.15) is 16.7 Å². The van der Waals surface area contributed by atoms with Crippen LogP contribution >= 0.6 is 0 Å². The molecule has 0 aromatic heterocycles. The van der Waals surface area contributed by atoms with Gasteiger partial charge in [0.2, 0.25) is 0 Å². The Morgan fingerprint density at radius 2 is 1.59 bits per heavy atom. The van der Waals surface area contributed by atoms with Gasteiger partial charge in [0.15, 0.2) is 0 Å². The number of allylic oxidation sites excluding steroid dienone is 8. The molecule has 0 nitrogen and oxygen atoms in total. The second-order valence-electron chi connectivity index (χ2n) is 4.87. The Labute approximate surface area is 103 Å². The van der Waals surface area contributed by atoms with E-state index < -0.39 is 0 Å². The predicted octanol–water partition coefficient (Wildman–Crippen LogP) is 4.37. The molecule has 0 heterocycles. The van der Waals surface area contributed by atoms with Crippen LogP contribution in [0.15, 0.2) is 60.2 Å². The van der Waals surface area contributed by atoms with Gasteiger partial charge in [0.25, 0.3) is 0 Å². The first-order valence-electron chi connectivity index (χ1n) is 6.10. The van der Waals surface area contributed by atoms with Crippen molar-refractivity contribution in [3.8, 4) is 0 Å². The molecule has 0 saturated carbocycles. The molecule has 17 heavy (non-hydrogen) atoms. The van der Waals surface area contributed by atoms with Gasteiger partial charge in [-0.1, -0.05) is 65.8 Å². The second-order valence-corrected chi connectivity index (χ2v) is 4.87. The number of rotatable bonds is 1. The number of aryl methyl sites for hydroxylation is 2. The topological polar surface area (TPSA) is 0 Å². The molecule has 0 bridgehead atoms. The van der Waals surface area contributed by atoms with E-state index in [1.807, 2.05) is 0 Å². The molecule has 1 aromatic carbocycles. The largest absolute Gasteiger partial charge is 0.0732 e. The van der Waals surface area contributed by atoms with Gasteiger partial charge in [0.05, 0.1) is 0 Å². The molecule has 0 amide bonds. The third-order valence-electron chi connectivity index (χ3n) is 3.38. The summed E-state index contributed by atoms with van der Waals surface area (Å²) in [5, 5.41) is 0. The lowest BCUT2D eigenvalue weighted by atomic mass is 9.92. The van der Waals surface area contributed by atoms with Crippen molar-refractivity contribution in [3.05, 3.63) is 76.9 Å². The van der Waals surface area contributed by atoms with Gasteiger partial charge in [0.1, 0.15) is 0 Å². The molecule has 3 rings (SSSR count). The van der Waals surface area contributed by atoms with Gasteiger partial charge in [-0.3, -0.25) is 0 Å². The van der Waals surface area contributed by atoms with Crippen LogP contribution in [0.4, 0.5) is 0 Å². The zero-order valence-corrected chi connectivity index (χ0v) is 10.3. The molecule has 0 N–H and O–H groups in total. The zero-order chi connectivity index (χ0) is 11.8. The van der Waals surface area contributed by atoms with E-state index in [4.69, 9.17) is 0 Å². The molecule has 84 valence electrons. The standard InChI is InChI=1S/C17H16/c1-12-9-13(2)11-15(10-12)17-8-7-14-5-3-4-6-16(14)17/h3-11,14H,1-2H3. The van der Waals surface area contributed by atoms with Crippen LogP contribution in [0.5, 0.6) is 0 Å². The third-order valence-corrected chi connectivity index (χ3v) is 3.38. The summed E-state index contributed by atoms with van der Waals surface area (Å²) >= 11 is 0. The molecule has 0 spiro atoms. The maximum Gasteiger partial charge on any atom is 0.0211 e. The average Bonchev–Trinajstić information content (AvgIpc) is 2.71. The molecular weight excluding hydrogens is 204 g/mol. The minimum atomic E-state index is 0.482. The van der Waals surface area contributed by atoms with E-state index in [-0.39, 0.29) is 0 Å². The minimum absolute atomic E-state index is 0.482. The van der Waals surface area contributed by atoms with Gasteiger partial charge in [-0.15, -0.1) is 0 Å². The maximum absolute atomic E-state index is 2.28. The lowest BCUT2D eigenvalue weighted by molar-refractivity contribution is 1.02. The van der Waals surface area contributed by atoms with Crippen molar-refractivity contribution in [2.45, 2.75) is 13.8 Å². The van der Waals surface area contributed by atoms with E-state index in [2.05, 4.69) is 68.5 Å². The lowest BCUT2D eigenvalue weighted by Gasteiger charge is -2.12. The average molecular weight is 220 g/mol. The van der Waals surface area contributed by atoms with Crippen molar-refractivity contribution in [1.29, 1.82) is 0 Å². The van der Waals surface area contributed by atoms with E-state index in [9.17, 15) is 0 Å². The normalized spacial score (nSPS) is 21.2. The summed E-state index contributed by atoms with van der Waals surface area (Å²) in [6.07, 6.45) is 13.3. The summed E-state index contributed by atoms with van der Waals surface area (Å²) < 4.78 is 0. The fraction of sp³-hybridized carbons (Fsp3) is 0.176. The Morgan fingerprint density at radius 3 is 2.35 bits per heavy atom. The highest BCUT2D eigenvalue weighted by Crippen LogP contribution is 2.36. The van der Waals surface area contributed by atoms with Crippen molar-refractivity contribution in [1.82, 2.24) is 0 Å². The molecule has 0 fully saturated rings.